The molecule has 2 aliphatic rings. The van der Waals surface area contributed by atoms with Crippen molar-refractivity contribution in [3.8, 4) is 0 Å². The molecule has 0 bridgehead atoms. The monoisotopic (exact) mass is 423 g/mol. The summed E-state index contributed by atoms with van der Waals surface area (Å²) in [5.74, 6) is 0.783. The molecule has 3 heterocycles. The zero-order valence-corrected chi connectivity index (χ0v) is 17.1. The minimum absolute atomic E-state index is 0. The summed E-state index contributed by atoms with van der Waals surface area (Å²) in [4.78, 5) is 4.98. The average Bonchev–Trinajstić information content (AvgIpc) is 3.27. The maximum Gasteiger partial charge on any atom is 0.157 e. The Morgan fingerprint density at radius 2 is 1.89 bits per heavy atom. The van der Waals surface area contributed by atoms with Crippen LogP contribution in [0.25, 0.3) is 5.65 Å². The molecule has 3 aromatic rings. The van der Waals surface area contributed by atoms with Crippen LogP contribution in [0.5, 0.6) is 0 Å². The van der Waals surface area contributed by atoms with Gasteiger partial charge in [-0.05, 0) is 44.8 Å². The summed E-state index contributed by atoms with van der Waals surface area (Å²) in [6, 6.07) is 8.85. The quantitative estimate of drug-likeness (QED) is 0.670. The van der Waals surface area contributed by atoms with Crippen molar-refractivity contribution >= 4 is 36.3 Å². The summed E-state index contributed by atoms with van der Waals surface area (Å²) in [5.41, 5.74) is 4.18. The molecule has 150 valence electrons. The van der Waals surface area contributed by atoms with Crippen molar-refractivity contribution in [3.63, 3.8) is 0 Å². The number of nitrogens with one attached hydrogen (secondary N) is 2. The van der Waals surface area contributed by atoms with E-state index in [-0.39, 0.29) is 36.0 Å². The smallest absolute Gasteiger partial charge is 0.157 e. The van der Waals surface area contributed by atoms with Crippen molar-refractivity contribution in [1.29, 1.82) is 0 Å². The van der Waals surface area contributed by atoms with Gasteiger partial charge < -0.3 is 10.6 Å². The van der Waals surface area contributed by atoms with Gasteiger partial charge in [0.15, 0.2) is 5.65 Å². The van der Waals surface area contributed by atoms with Crippen molar-refractivity contribution in [2.45, 2.75) is 37.6 Å². The molecule has 2 aromatic heterocycles. The Morgan fingerprint density at radius 1 is 1.11 bits per heavy atom. The van der Waals surface area contributed by atoms with Crippen LogP contribution in [-0.4, -0.2) is 27.7 Å². The number of piperidine rings is 1. The van der Waals surface area contributed by atoms with Gasteiger partial charge in [0.25, 0.3) is 0 Å². The summed E-state index contributed by atoms with van der Waals surface area (Å²) in [7, 11) is 0. The zero-order valence-electron chi connectivity index (χ0n) is 15.4. The first kappa shape index (κ1) is 20.8. The fourth-order valence-corrected chi connectivity index (χ4v) is 4.53. The Kier molecular flexibility index (Phi) is 6.12. The Morgan fingerprint density at radius 3 is 2.68 bits per heavy atom. The molecule has 1 saturated heterocycles. The van der Waals surface area contributed by atoms with E-state index in [0.29, 0.717) is 12.1 Å². The number of hydrogen-bond acceptors (Lipinski definition) is 4. The first-order valence-corrected chi connectivity index (χ1v) is 9.32. The Hall–Kier alpha value is -1.89. The van der Waals surface area contributed by atoms with Gasteiger partial charge in [0.1, 0.15) is 11.6 Å². The number of halogens is 3. The molecule has 1 fully saturated rings. The van der Waals surface area contributed by atoms with Gasteiger partial charge in [0.05, 0.1) is 11.9 Å². The zero-order chi connectivity index (χ0) is 17.6. The second-order valence-corrected chi connectivity index (χ2v) is 7.36. The van der Waals surface area contributed by atoms with Crippen LogP contribution in [0.2, 0.25) is 0 Å². The number of nitrogens with zero attached hydrogens (tertiary/aromatic N) is 3. The Bertz CT molecular complexity index is 968. The van der Waals surface area contributed by atoms with Crippen LogP contribution in [-0.2, 0) is 18.4 Å². The highest BCUT2D eigenvalue weighted by Crippen LogP contribution is 2.46. The number of benzene rings is 1. The summed E-state index contributed by atoms with van der Waals surface area (Å²) < 4.78 is 15.9. The number of fused-ring (bicyclic) bond motifs is 3. The second kappa shape index (κ2) is 8.23. The van der Waals surface area contributed by atoms with Crippen LogP contribution in [0.3, 0.4) is 0 Å². The van der Waals surface area contributed by atoms with Gasteiger partial charge in [0.2, 0.25) is 0 Å². The maximum absolute atomic E-state index is 14.0. The SMILES string of the molecule is Cl.Cl.Fc1ccccc1CNc1c2c(nc3ccnn13)C1(CCNCC1)CC2. The molecule has 2 N–H and O–H groups in total. The minimum Gasteiger partial charge on any atom is -0.365 e. The standard InChI is InChI=1S/C20H22FN5.2ClH/c21-16-4-2-1-3-14(16)13-23-19-15-5-7-20(8-11-22-12-9-20)18(15)25-17-6-10-24-26(17)19;;/h1-4,6,10,22-23H,5,7-9,11-13H2;2*1H. The van der Waals surface area contributed by atoms with Crippen molar-refractivity contribution in [2.75, 3.05) is 18.4 Å². The number of rotatable bonds is 3. The molecule has 0 unspecified atom stereocenters. The molecule has 1 aliphatic heterocycles. The van der Waals surface area contributed by atoms with Gasteiger partial charge in [-0.15, -0.1) is 24.8 Å². The molecule has 0 atom stereocenters. The van der Waals surface area contributed by atoms with Gasteiger partial charge in [-0.3, -0.25) is 0 Å². The first-order chi connectivity index (χ1) is 12.8. The van der Waals surface area contributed by atoms with Gasteiger partial charge in [-0.2, -0.15) is 9.61 Å². The molecule has 0 amide bonds. The van der Waals surface area contributed by atoms with E-state index >= 15 is 0 Å². The summed E-state index contributed by atoms with van der Waals surface area (Å²) in [6.45, 7) is 2.53. The third kappa shape index (κ3) is 3.34. The highest BCUT2D eigenvalue weighted by atomic mass is 35.5. The fourth-order valence-electron chi connectivity index (χ4n) is 4.53. The van der Waals surface area contributed by atoms with Crippen molar-refractivity contribution < 1.29 is 4.39 Å². The Labute approximate surface area is 175 Å². The van der Waals surface area contributed by atoms with E-state index in [4.69, 9.17) is 4.98 Å². The second-order valence-electron chi connectivity index (χ2n) is 7.36. The minimum atomic E-state index is -0.183. The van der Waals surface area contributed by atoms with E-state index in [9.17, 15) is 4.39 Å². The van der Waals surface area contributed by atoms with Crippen LogP contribution in [0.1, 0.15) is 36.1 Å². The predicted octanol–water partition coefficient (Wildman–Crippen LogP) is 3.89. The molecule has 1 aliphatic carbocycles. The highest BCUT2D eigenvalue weighted by molar-refractivity contribution is 5.85. The van der Waals surface area contributed by atoms with Crippen LogP contribution in [0.15, 0.2) is 36.5 Å². The summed E-state index contributed by atoms with van der Waals surface area (Å²) in [6.07, 6.45) is 6.17. The number of aromatic nitrogens is 3. The molecule has 1 spiro atoms. The summed E-state index contributed by atoms with van der Waals surface area (Å²) in [5, 5.41) is 11.4. The van der Waals surface area contributed by atoms with Crippen LogP contribution in [0, 0.1) is 5.82 Å². The first-order valence-electron chi connectivity index (χ1n) is 9.32. The topological polar surface area (TPSA) is 54.2 Å². The van der Waals surface area contributed by atoms with Crippen LogP contribution < -0.4 is 10.6 Å². The van der Waals surface area contributed by atoms with E-state index in [1.54, 1.807) is 12.3 Å². The lowest BCUT2D eigenvalue weighted by Crippen LogP contribution is -2.39. The highest BCUT2D eigenvalue weighted by Gasteiger charge is 2.42. The number of anilines is 1. The Balaban J connectivity index is 0.00000112. The maximum atomic E-state index is 14.0. The van der Waals surface area contributed by atoms with E-state index in [1.165, 1.54) is 17.3 Å². The van der Waals surface area contributed by atoms with Crippen molar-refractivity contribution in [2.24, 2.45) is 0 Å². The van der Waals surface area contributed by atoms with E-state index in [0.717, 1.165) is 50.2 Å². The lowest BCUT2D eigenvalue weighted by molar-refractivity contribution is 0.301. The van der Waals surface area contributed by atoms with Gasteiger partial charge in [-0.25, -0.2) is 9.37 Å². The summed E-state index contributed by atoms with van der Waals surface area (Å²) >= 11 is 0. The van der Waals surface area contributed by atoms with E-state index in [2.05, 4.69) is 15.7 Å². The molecule has 0 saturated carbocycles. The van der Waals surface area contributed by atoms with Gasteiger partial charge >= 0.3 is 0 Å². The molecular weight excluding hydrogens is 400 g/mol. The molecule has 1 aromatic carbocycles. The van der Waals surface area contributed by atoms with Crippen LogP contribution >= 0.6 is 24.8 Å². The van der Waals surface area contributed by atoms with Crippen LogP contribution in [0.4, 0.5) is 10.2 Å². The largest absolute Gasteiger partial charge is 0.365 e. The fraction of sp³-hybridized carbons (Fsp3) is 0.400. The normalized spacial score (nSPS) is 17.0. The third-order valence-electron chi connectivity index (χ3n) is 5.95. The number of hydrogen-bond donors (Lipinski definition) is 2. The van der Waals surface area contributed by atoms with Gasteiger partial charge in [-0.1, -0.05) is 18.2 Å². The lowest BCUT2D eigenvalue weighted by atomic mass is 9.77. The molecule has 5 rings (SSSR count). The molecule has 5 nitrogen and oxygen atoms in total. The average molecular weight is 424 g/mol. The van der Waals surface area contributed by atoms with Crippen molar-refractivity contribution in [1.82, 2.24) is 19.9 Å². The van der Waals surface area contributed by atoms with Crippen molar-refractivity contribution in [3.05, 3.63) is 59.2 Å². The molecular formula is C20H24Cl2FN5. The third-order valence-corrected chi connectivity index (χ3v) is 5.95. The van der Waals surface area contributed by atoms with E-state index in [1.807, 2.05) is 22.7 Å². The van der Waals surface area contributed by atoms with Gasteiger partial charge in [0, 0.05) is 29.2 Å². The predicted molar refractivity (Wildman–Crippen MR) is 113 cm³/mol. The molecule has 0 radical (unpaired) electrons. The molecule has 28 heavy (non-hydrogen) atoms. The molecule has 8 heteroatoms. The lowest BCUT2D eigenvalue weighted by Gasteiger charge is -2.34. The van der Waals surface area contributed by atoms with E-state index < -0.39 is 0 Å².